The number of hydrogen-bond donors (Lipinski definition) is 0. The van der Waals surface area contributed by atoms with E-state index in [1.54, 1.807) is 0 Å². The van der Waals surface area contributed by atoms with E-state index < -0.39 is 0 Å². The predicted octanol–water partition coefficient (Wildman–Crippen LogP) is 5.51. The van der Waals surface area contributed by atoms with Gasteiger partial charge in [0.25, 0.3) is 0 Å². The van der Waals surface area contributed by atoms with Crippen LogP contribution in [-0.4, -0.2) is 32.1 Å². The van der Waals surface area contributed by atoms with E-state index in [4.69, 9.17) is 10.00 Å². The maximum absolute atomic E-state index is 8.88. The molecule has 0 amide bonds. The maximum Gasteiger partial charge on any atom is 0.119 e. The van der Waals surface area contributed by atoms with Crippen molar-refractivity contribution in [3.05, 3.63) is 54.1 Å². The Labute approximate surface area is 181 Å². The lowest BCUT2D eigenvalue weighted by atomic mass is 10.0. The molecule has 0 bridgehead atoms. The number of hydrogen-bond acceptors (Lipinski definition) is 3. The molecule has 0 aliphatic heterocycles. The van der Waals surface area contributed by atoms with Crippen LogP contribution in [0.4, 0.5) is 0 Å². The average Bonchev–Trinajstić information content (AvgIpc) is 2.77. The van der Waals surface area contributed by atoms with Gasteiger partial charge in [0.1, 0.15) is 5.75 Å². The van der Waals surface area contributed by atoms with E-state index in [1.807, 2.05) is 48.5 Å². The molecule has 0 aromatic heterocycles. The minimum absolute atomic E-state index is 0.672. The minimum atomic E-state index is 0.672. The quantitative estimate of drug-likeness (QED) is 0.391. The van der Waals surface area contributed by atoms with Crippen molar-refractivity contribution in [1.82, 2.24) is 4.90 Å². The number of benzene rings is 2. The summed E-state index contributed by atoms with van der Waals surface area (Å²) in [4.78, 5) is 2.20. The zero-order valence-electron chi connectivity index (χ0n) is 18.1. The van der Waals surface area contributed by atoms with Gasteiger partial charge in [-0.3, -0.25) is 0 Å². The molecular weight excluding hydrogens is 368 g/mol. The van der Waals surface area contributed by atoms with Gasteiger partial charge in [-0.05, 0) is 93.6 Å². The van der Waals surface area contributed by atoms with Gasteiger partial charge in [0.2, 0.25) is 0 Å². The van der Waals surface area contributed by atoms with Gasteiger partial charge in [-0.2, -0.15) is 5.26 Å². The molecule has 0 aliphatic carbocycles. The highest BCUT2D eigenvalue weighted by atomic mass is 16.5. The fraction of sp³-hybridized carbons (Fsp3) is 0.370. The molecule has 3 nitrogen and oxygen atoms in total. The summed E-state index contributed by atoms with van der Waals surface area (Å²) in [6.07, 6.45) is 6.10. The summed E-state index contributed by atoms with van der Waals surface area (Å²) in [6.45, 7) is 1.81. The van der Waals surface area contributed by atoms with Crippen LogP contribution in [0.3, 0.4) is 0 Å². The molecule has 0 N–H and O–H groups in total. The Hall–Kier alpha value is -3.19. The molecule has 0 saturated carbocycles. The van der Waals surface area contributed by atoms with Crippen molar-refractivity contribution in [3.63, 3.8) is 0 Å². The second-order valence-electron chi connectivity index (χ2n) is 7.38. The van der Waals surface area contributed by atoms with E-state index in [0.717, 1.165) is 55.5 Å². The lowest BCUT2D eigenvalue weighted by Gasteiger charge is -2.07. The normalized spacial score (nSPS) is 9.80. The highest BCUT2D eigenvalue weighted by molar-refractivity contribution is 5.64. The molecule has 0 unspecified atom stereocenters. The van der Waals surface area contributed by atoms with Crippen molar-refractivity contribution in [2.24, 2.45) is 0 Å². The first-order valence-electron chi connectivity index (χ1n) is 10.5. The number of nitrogens with zero attached hydrogens (tertiary/aromatic N) is 2. The third kappa shape index (κ3) is 9.34. The highest BCUT2D eigenvalue weighted by Gasteiger charge is 1.99. The van der Waals surface area contributed by atoms with Crippen LogP contribution in [0.1, 0.15) is 44.1 Å². The molecule has 0 heterocycles. The van der Waals surface area contributed by atoms with Crippen LogP contribution >= 0.6 is 0 Å². The molecule has 0 fully saturated rings. The van der Waals surface area contributed by atoms with E-state index in [2.05, 4.69) is 48.7 Å². The van der Waals surface area contributed by atoms with Crippen LogP contribution in [-0.2, 0) is 0 Å². The summed E-state index contributed by atoms with van der Waals surface area (Å²) in [7, 11) is 4.19. The molecule has 3 heteroatoms. The summed E-state index contributed by atoms with van der Waals surface area (Å²) in [5, 5.41) is 8.88. The van der Waals surface area contributed by atoms with Crippen molar-refractivity contribution in [2.45, 2.75) is 38.5 Å². The molecule has 0 saturated heterocycles. The van der Waals surface area contributed by atoms with Gasteiger partial charge in [-0.25, -0.2) is 0 Å². The first kappa shape index (κ1) is 23.1. The van der Waals surface area contributed by atoms with Crippen LogP contribution in [0.15, 0.2) is 48.5 Å². The molecule has 154 valence electrons. The van der Waals surface area contributed by atoms with E-state index in [-0.39, 0.29) is 0 Å². The Morgan fingerprint density at radius 2 is 1.33 bits per heavy atom. The van der Waals surface area contributed by atoms with E-state index in [0.29, 0.717) is 12.2 Å². The number of ether oxygens (including phenoxy) is 1. The number of rotatable bonds is 10. The van der Waals surface area contributed by atoms with Gasteiger partial charge >= 0.3 is 0 Å². The zero-order valence-corrected chi connectivity index (χ0v) is 18.1. The van der Waals surface area contributed by atoms with Crippen molar-refractivity contribution in [1.29, 1.82) is 5.26 Å². The summed E-state index contributed by atoms with van der Waals surface area (Å²) in [5.74, 6) is 13.0. The van der Waals surface area contributed by atoms with Gasteiger partial charge < -0.3 is 9.64 Å². The summed E-state index contributed by atoms with van der Waals surface area (Å²) >= 11 is 0. The third-order valence-corrected chi connectivity index (χ3v) is 4.56. The molecule has 2 rings (SSSR count). The van der Waals surface area contributed by atoms with Crippen molar-refractivity contribution >= 4 is 0 Å². The molecular formula is C27H30N2O. The Morgan fingerprint density at radius 3 is 1.90 bits per heavy atom. The Balaban J connectivity index is 1.59. The van der Waals surface area contributed by atoms with Gasteiger partial charge in [0, 0.05) is 12.8 Å². The molecule has 2 aromatic rings. The molecule has 0 aliphatic rings. The average molecular weight is 399 g/mol. The SMILES string of the molecule is CN(C)CCCCC#CC#CCCCCOc1ccc(-c2ccc(C#N)cc2)cc1. The second-order valence-corrected chi connectivity index (χ2v) is 7.38. The van der Waals surface area contributed by atoms with Gasteiger partial charge in [-0.1, -0.05) is 36.1 Å². The van der Waals surface area contributed by atoms with Crippen LogP contribution in [0.25, 0.3) is 11.1 Å². The van der Waals surface area contributed by atoms with E-state index in [9.17, 15) is 0 Å². The predicted molar refractivity (Wildman–Crippen MR) is 124 cm³/mol. The second kappa shape index (κ2) is 13.9. The van der Waals surface area contributed by atoms with E-state index >= 15 is 0 Å². The first-order valence-corrected chi connectivity index (χ1v) is 10.5. The van der Waals surface area contributed by atoms with Crippen LogP contribution in [0, 0.1) is 35.0 Å². The third-order valence-electron chi connectivity index (χ3n) is 4.56. The topological polar surface area (TPSA) is 36.3 Å². The summed E-state index contributed by atoms with van der Waals surface area (Å²) in [5.41, 5.74) is 2.88. The standard InChI is InChI=1S/C27H30N2O/c1-29(2)21-11-9-7-5-3-4-6-8-10-12-22-30-27-19-17-26(18-20-27)25-15-13-24(23-28)14-16-25/h13-20H,7-12,21-22H2,1-2H3. The first-order chi connectivity index (χ1) is 14.7. The Bertz CT molecular complexity index is 914. The van der Waals surface area contributed by atoms with Crippen molar-refractivity contribution in [2.75, 3.05) is 27.2 Å². The fourth-order valence-corrected chi connectivity index (χ4v) is 2.84. The molecule has 0 spiro atoms. The zero-order chi connectivity index (χ0) is 21.4. The summed E-state index contributed by atoms with van der Waals surface area (Å²) in [6, 6.07) is 17.8. The minimum Gasteiger partial charge on any atom is -0.494 e. The largest absolute Gasteiger partial charge is 0.494 e. The molecule has 0 atom stereocenters. The molecule has 30 heavy (non-hydrogen) atoms. The lowest BCUT2D eigenvalue weighted by molar-refractivity contribution is 0.307. The molecule has 0 radical (unpaired) electrons. The van der Waals surface area contributed by atoms with Gasteiger partial charge in [0.15, 0.2) is 0 Å². The molecule has 2 aromatic carbocycles. The number of nitriles is 1. The number of unbranched alkanes of at least 4 members (excludes halogenated alkanes) is 4. The van der Waals surface area contributed by atoms with Crippen molar-refractivity contribution < 1.29 is 4.74 Å². The smallest absolute Gasteiger partial charge is 0.119 e. The highest BCUT2D eigenvalue weighted by Crippen LogP contribution is 2.23. The van der Waals surface area contributed by atoms with Crippen molar-refractivity contribution in [3.8, 4) is 46.6 Å². The Kier molecular flexibility index (Phi) is 10.7. The van der Waals surface area contributed by atoms with Crippen LogP contribution in [0.5, 0.6) is 5.75 Å². The monoisotopic (exact) mass is 398 g/mol. The van der Waals surface area contributed by atoms with E-state index in [1.165, 1.54) is 6.42 Å². The van der Waals surface area contributed by atoms with Crippen LogP contribution in [0.2, 0.25) is 0 Å². The maximum atomic E-state index is 8.88. The summed E-state index contributed by atoms with van der Waals surface area (Å²) < 4.78 is 5.81. The fourth-order valence-electron chi connectivity index (χ4n) is 2.84. The van der Waals surface area contributed by atoms with Gasteiger partial charge in [-0.15, -0.1) is 0 Å². The Morgan fingerprint density at radius 1 is 0.767 bits per heavy atom. The lowest BCUT2D eigenvalue weighted by Crippen LogP contribution is -2.12. The van der Waals surface area contributed by atoms with Crippen LogP contribution < -0.4 is 4.74 Å². The van der Waals surface area contributed by atoms with Gasteiger partial charge in [0.05, 0.1) is 18.2 Å².